The van der Waals surface area contributed by atoms with Gasteiger partial charge in [-0.3, -0.25) is 4.79 Å². The maximum atomic E-state index is 12.0. The molecule has 0 aliphatic carbocycles. The molecule has 5 nitrogen and oxygen atoms in total. The second-order valence-corrected chi connectivity index (χ2v) is 4.65. The first-order valence-corrected chi connectivity index (χ1v) is 6.19. The Kier molecular flexibility index (Phi) is 3.76. The molecule has 1 N–H and O–H groups in total. The molecule has 1 aromatic carbocycles. The fraction of sp³-hybridized carbons (Fsp3) is 0.250. The summed E-state index contributed by atoms with van der Waals surface area (Å²) in [6, 6.07) is 5.53. The zero-order valence-corrected chi connectivity index (χ0v) is 11.6. The summed E-state index contributed by atoms with van der Waals surface area (Å²) in [5.41, 5.74) is 1.60. The van der Waals surface area contributed by atoms with Crippen LogP contribution >= 0.6 is 15.9 Å². The molecule has 0 atom stereocenters. The number of nitrogens with one attached hydrogen (secondary N) is 1. The number of hydrogen-bond acceptors (Lipinski definition) is 4. The Balaban J connectivity index is 2.06. The number of hydrogen-bond donors (Lipinski definition) is 1. The van der Waals surface area contributed by atoms with E-state index in [9.17, 15) is 4.79 Å². The Bertz CT molecular complexity index is 580. The Labute approximate surface area is 113 Å². The van der Waals surface area contributed by atoms with Gasteiger partial charge in [0.25, 0.3) is 5.91 Å². The van der Waals surface area contributed by atoms with Crippen molar-refractivity contribution in [2.45, 2.75) is 20.4 Å². The van der Waals surface area contributed by atoms with Crippen molar-refractivity contribution in [3.05, 3.63) is 45.5 Å². The molecule has 1 heterocycles. The zero-order valence-electron chi connectivity index (χ0n) is 10.0. The molecule has 1 aromatic heterocycles. The summed E-state index contributed by atoms with van der Waals surface area (Å²) in [6.45, 7) is 3.88. The SMILES string of the molecule is Cc1noc(CNC(=O)c2cccc(C)c2Br)n1. The first-order valence-electron chi connectivity index (χ1n) is 5.40. The summed E-state index contributed by atoms with van der Waals surface area (Å²) in [5.74, 6) is 0.766. The predicted molar refractivity (Wildman–Crippen MR) is 69.1 cm³/mol. The Morgan fingerprint density at radius 1 is 1.44 bits per heavy atom. The van der Waals surface area contributed by atoms with Gasteiger partial charge in [-0.2, -0.15) is 4.98 Å². The quantitative estimate of drug-likeness (QED) is 0.945. The highest BCUT2D eigenvalue weighted by Gasteiger charge is 2.12. The van der Waals surface area contributed by atoms with Crippen LogP contribution in [0.15, 0.2) is 27.2 Å². The maximum absolute atomic E-state index is 12.0. The van der Waals surface area contributed by atoms with E-state index in [1.165, 1.54) is 0 Å². The van der Waals surface area contributed by atoms with E-state index in [1.54, 1.807) is 13.0 Å². The zero-order chi connectivity index (χ0) is 13.1. The highest BCUT2D eigenvalue weighted by molar-refractivity contribution is 9.10. The van der Waals surface area contributed by atoms with Gasteiger partial charge in [-0.05, 0) is 41.4 Å². The van der Waals surface area contributed by atoms with Crippen molar-refractivity contribution in [2.24, 2.45) is 0 Å². The van der Waals surface area contributed by atoms with E-state index in [1.807, 2.05) is 19.1 Å². The van der Waals surface area contributed by atoms with Gasteiger partial charge in [0.1, 0.15) is 0 Å². The highest BCUT2D eigenvalue weighted by atomic mass is 79.9. The molecule has 94 valence electrons. The van der Waals surface area contributed by atoms with E-state index in [0.717, 1.165) is 10.0 Å². The second-order valence-electron chi connectivity index (χ2n) is 3.85. The van der Waals surface area contributed by atoms with Gasteiger partial charge in [0.2, 0.25) is 5.89 Å². The minimum atomic E-state index is -0.179. The summed E-state index contributed by atoms with van der Waals surface area (Å²) >= 11 is 3.40. The first-order chi connectivity index (χ1) is 8.58. The summed E-state index contributed by atoms with van der Waals surface area (Å²) < 4.78 is 5.71. The van der Waals surface area contributed by atoms with Crippen molar-refractivity contribution in [3.63, 3.8) is 0 Å². The van der Waals surface area contributed by atoms with Gasteiger partial charge in [-0.1, -0.05) is 17.3 Å². The fourth-order valence-electron chi connectivity index (χ4n) is 1.49. The molecule has 0 bridgehead atoms. The van der Waals surface area contributed by atoms with Crippen LogP contribution in [0.1, 0.15) is 27.6 Å². The molecular weight excluding hydrogens is 298 g/mol. The van der Waals surface area contributed by atoms with Gasteiger partial charge in [-0.15, -0.1) is 0 Å². The molecular formula is C12H12BrN3O2. The van der Waals surface area contributed by atoms with Crippen molar-refractivity contribution >= 4 is 21.8 Å². The monoisotopic (exact) mass is 309 g/mol. The predicted octanol–water partition coefficient (Wildman–Crippen LogP) is 2.38. The fourth-order valence-corrected chi connectivity index (χ4v) is 1.93. The van der Waals surface area contributed by atoms with E-state index in [2.05, 4.69) is 31.4 Å². The third-order valence-electron chi connectivity index (χ3n) is 2.41. The van der Waals surface area contributed by atoms with Gasteiger partial charge < -0.3 is 9.84 Å². The van der Waals surface area contributed by atoms with E-state index < -0.39 is 0 Å². The van der Waals surface area contributed by atoms with Gasteiger partial charge in [0.05, 0.1) is 12.1 Å². The second kappa shape index (κ2) is 5.30. The number of aryl methyl sites for hydroxylation is 2. The molecule has 0 aliphatic heterocycles. The number of amides is 1. The lowest BCUT2D eigenvalue weighted by Gasteiger charge is -2.06. The third kappa shape index (κ3) is 2.76. The molecule has 0 unspecified atom stereocenters. The van der Waals surface area contributed by atoms with Crippen molar-refractivity contribution in [3.8, 4) is 0 Å². The molecule has 6 heteroatoms. The molecule has 1 amide bonds. The van der Waals surface area contributed by atoms with Crippen LogP contribution < -0.4 is 5.32 Å². The highest BCUT2D eigenvalue weighted by Crippen LogP contribution is 2.20. The average Bonchev–Trinajstić information content (AvgIpc) is 2.76. The number of nitrogens with zero attached hydrogens (tertiary/aromatic N) is 2. The smallest absolute Gasteiger partial charge is 0.252 e. The summed E-state index contributed by atoms with van der Waals surface area (Å²) in [7, 11) is 0. The van der Waals surface area contributed by atoms with Gasteiger partial charge in [0.15, 0.2) is 5.82 Å². The molecule has 18 heavy (non-hydrogen) atoms. The standard InChI is InChI=1S/C12H12BrN3O2/c1-7-4-3-5-9(11(7)13)12(17)14-6-10-15-8(2)16-18-10/h3-5H,6H2,1-2H3,(H,14,17). The van der Waals surface area contributed by atoms with Gasteiger partial charge in [-0.25, -0.2) is 0 Å². The van der Waals surface area contributed by atoms with Crippen LogP contribution in [-0.2, 0) is 6.54 Å². The van der Waals surface area contributed by atoms with Crippen LogP contribution in [0.2, 0.25) is 0 Å². The minimum absolute atomic E-state index is 0.179. The molecule has 0 saturated carbocycles. The third-order valence-corrected chi connectivity index (χ3v) is 3.46. The lowest BCUT2D eigenvalue weighted by Crippen LogP contribution is -2.23. The molecule has 0 radical (unpaired) electrons. The Morgan fingerprint density at radius 3 is 2.89 bits per heavy atom. The van der Waals surface area contributed by atoms with Gasteiger partial charge >= 0.3 is 0 Å². The van der Waals surface area contributed by atoms with Crippen molar-refractivity contribution < 1.29 is 9.32 Å². The van der Waals surface area contributed by atoms with E-state index in [4.69, 9.17) is 4.52 Å². The van der Waals surface area contributed by atoms with Crippen LogP contribution in [0.3, 0.4) is 0 Å². The van der Waals surface area contributed by atoms with E-state index in [0.29, 0.717) is 17.3 Å². The molecule has 0 fully saturated rings. The number of halogens is 1. The number of carbonyl (C=O) groups excluding carboxylic acids is 1. The van der Waals surface area contributed by atoms with Crippen molar-refractivity contribution in [2.75, 3.05) is 0 Å². The topological polar surface area (TPSA) is 68.0 Å². The van der Waals surface area contributed by atoms with Crippen LogP contribution in [-0.4, -0.2) is 16.0 Å². The van der Waals surface area contributed by atoms with Gasteiger partial charge in [0, 0.05) is 4.47 Å². The lowest BCUT2D eigenvalue weighted by atomic mass is 10.1. The van der Waals surface area contributed by atoms with Crippen LogP contribution in [0, 0.1) is 13.8 Å². The molecule has 0 saturated heterocycles. The number of rotatable bonds is 3. The largest absolute Gasteiger partial charge is 0.343 e. The summed E-state index contributed by atoms with van der Waals surface area (Å²) in [4.78, 5) is 16.0. The molecule has 2 rings (SSSR count). The van der Waals surface area contributed by atoms with Crippen LogP contribution in [0.25, 0.3) is 0 Å². The molecule has 0 aliphatic rings. The van der Waals surface area contributed by atoms with Crippen LogP contribution in [0.4, 0.5) is 0 Å². The van der Waals surface area contributed by atoms with E-state index >= 15 is 0 Å². The van der Waals surface area contributed by atoms with Crippen molar-refractivity contribution in [1.29, 1.82) is 0 Å². The normalized spacial score (nSPS) is 10.4. The first kappa shape index (κ1) is 12.8. The Hall–Kier alpha value is -1.69. The average molecular weight is 310 g/mol. The minimum Gasteiger partial charge on any atom is -0.343 e. The van der Waals surface area contributed by atoms with Crippen molar-refractivity contribution in [1.82, 2.24) is 15.5 Å². The number of benzene rings is 1. The molecule has 2 aromatic rings. The maximum Gasteiger partial charge on any atom is 0.252 e. The van der Waals surface area contributed by atoms with E-state index in [-0.39, 0.29) is 12.5 Å². The number of carbonyl (C=O) groups is 1. The summed E-state index contributed by atoms with van der Waals surface area (Å²) in [6.07, 6.45) is 0. The number of aromatic nitrogens is 2. The summed E-state index contributed by atoms with van der Waals surface area (Å²) in [5, 5.41) is 6.38. The Morgan fingerprint density at radius 2 is 2.22 bits per heavy atom. The lowest BCUT2D eigenvalue weighted by molar-refractivity contribution is 0.0945. The molecule has 0 spiro atoms. The van der Waals surface area contributed by atoms with Crippen LogP contribution in [0.5, 0.6) is 0 Å².